The number of aliphatic carboxylic acids is 1. The average Bonchev–Trinajstić information content (AvgIpc) is 2.53. The molecule has 6 nitrogen and oxygen atoms in total. The largest absolute Gasteiger partial charge is 0.480 e. The van der Waals surface area contributed by atoms with Crippen LogP contribution in [0.15, 0.2) is 30.3 Å². The van der Waals surface area contributed by atoms with Crippen molar-refractivity contribution in [2.75, 3.05) is 18.8 Å². The van der Waals surface area contributed by atoms with Gasteiger partial charge in [0.05, 0.1) is 0 Å². The van der Waals surface area contributed by atoms with Gasteiger partial charge in [-0.3, -0.25) is 9.59 Å². The Morgan fingerprint density at radius 2 is 1.88 bits per heavy atom. The van der Waals surface area contributed by atoms with E-state index in [-0.39, 0.29) is 5.12 Å². The summed E-state index contributed by atoms with van der Waals surface area (Å²) in [5, 5.41) is 11.4. The molecule has 1 atom stereocenters. The van der Waals surface area contributed by atoms with Crippen molar-refractivity contribution in [2.24, 2.45) is 0 Å². The van der Waals surface area contributed by atoms with Gasteiger partial charge in [-0.25, -0.2) is 4.79 Å². The summed E-state index contributed by atoms with van der Waals surface area (Å²) in [7, 11) is 0. The van der Waals surface area contributed by atoms with Gasteiger partial charge in [0, 0.05) is 25.8 Å². The van der Waals surface area contributed by atoms with Crippen LogP contribution in [0.1, 0.15) is 25.8 Å². The molecular weight excluding hydrogens is 328 g/mol. The standard InChI is InChI=1S/C17H24N2O4S/c1-13(16(21)22)18-17(23)19(11-12-24-14(2)20)10-6-9-15-7-4-3-5-8-15/h3-5,7-8,13H,6,9-12H2,1-2H3,(H,18,23)(H,21,22). The molecule has 1 aromatic carbocycles. The summed E-state index contributed by atoms with van der Waals surface area (Å²) in [6.45, 7) is 3.81. The minimum Gasteiger partial charge on any atom is -0.480 e. The number of carboxylic acid groups (broad SMARTS) is 1. The van der Waals surface area contributed by atoms with Gasteiger partial charge < -0.3 is 15.3 Å². The number of hydrogen-bond donors (Lipinski definition) is 2. The third-order valence-electron chi connectivity index (χ3n) is 3.40. The number of nitrogens with zero attached hydrogens (tertiary/aromatic N) is 1. The monoisotopic (exact) mass is 352 g/mol. The minimum absolute atomic E-state index is 0.00134. The van der Waals surface area contributed by atoms with E-state index in [0.717, 1.165) is 24.6 Å². The van der Waals surface area contributed by atoms with Crippen molar-refractivity contribution in [3.8, 4) is 0 Å². The van der Waals surface area contributed by atoms with Gasteiger partial charge >= 0.3 is 12.0 Å². The van der Waals surface area contributed by atoms with Crippen LogP contribution in [0.3, 0.4) is 0 Å². The zero-order valence-electron chi connectivity index (χ0n) is 14.0. The summed E-state index contributed by atoms with van der Waals surface area (Å²) in [5.41, 5.74) is 1.19. The fourth-order valence-electron chi connectivity index (χ4n) is 2.07. The molecule has 0 aromatic heterocycles. The third-order valence-corrected chi connectivity index (χ3v) is 4.19. The van der Waals surface area contributed by atoms with Gasteiger partial charge in [0.15, 0.2) is 5.12 Å². The fourth-order valence-corrected chi connectivity index (χ4v) is 2.67. The van der Waals surface area contributed by atoms with E-state index in [1.165, 1.54) is 19.4 Å². The van der Waals surface area contributed by atoms with Gasteiger partial charge in [-0.2, -0.15) is 0 Å². The molecule has 0 radical (unpaired) electrons. The lowest BCUT2D eigenvalue weighted by Crippen LogP contribution is -2.47. The number of carbonyl (C=O) groups excluding carboxylic acids is 2. The van der Waals surface area contributed by atoms with E-state index in [1.54, 1.807) is 4.90 Å². The van der Waals surface area contributed by atoms with Crippen LogP contribution in [0, 0.1) is 0 Å². The molecule has 7 heteroatoms. The molecule has 0 aliphatic heterocycles. The Hall–Kier alpha value is -2.02. The van der Waals surface area contributed by atoms with E-state index < -0.39 is 18.0 Å². The van der Waals surface area contributed by atoms with E-state index in [0.29, 0.717) is 18.8 Å². The smallest absolute Gasteiger partial charge is 0.325 e. The van der Waals surface area contributed by atoms with Crippen molar-refractivity contribution in [1.29, 1.82) is 0 Å². The molecule has 0 fully saturated rings. The molecule has 2 N–H and O–H groups in total. The van der Waals surface area contributed by atoms with Crippen molar-refractivity contribution in [1.82, 2.24) is 10.2 Å². The van der Waals surface area contributed by atoms with Crippen molar-refractivity contribution in [2.45, 2.75) is 32.7 Å². The number of amides is 2. The Bertz CT molecular complexity index is 551. The van der Waals surface area contributed by atoms with Crippen LogP contribution in [-0.4, -0.2) is 52.0 Å². The fraction of sp³-hybridized carbons (Fsp3) is 0.471. The van der Waals surface area contributed by atoms with Gasteiger partial charge in [0.2, 0.25) is 0 Å². The topological polar surface area (TPSA) is 86.7 Å². The number of aryl methyl sites for hydroxylation is 1. The summed E-state index contributed by atoms with van der Waals surface area (Å²) in [6, 6.07) is 8.59. The SMILES string of the molecule is CC(=O)SCCN(CCCc1ccccc1)C(=O)NC(C)C(=O)O. The average molecular weight is 352 g/mol. The summed E-state index contributed by atoms with van der Waals surface area (Å²) in [4.78, 5) is 35.7. The number of urea groups is 1. The van der Waals surface area contributed by atoms with Gasteiger partial charge in [-0.05, 0) is 25.3 Å². The zero-order valence-corrected chi connectivity index (χ0v) is 14.8. The van der Waals surface area contributed by atoms with E-state index in [9.17, 15) is 14.4 Å². The lowest BCUT2D eigenvalue weighted by atomic mass is 10.1. The number of hydrogen-bond acceptors (Lipinski definition) is 4. The van der Waals surface area contributed by atoms with Crippen LogP contribution < -0.4 is 5.32 Å². The highest BCUT2D eigenvalue weighted by atomic mass is 32.2. The molecule has 2 amide bonds. The first-order valence-electron chi connectivity index (χ1n) is 7.85. The van der Waals surface area contributed by atoms with Gasteiger partial charge in [-0.15, -0.1) is 0 Å². The number of nitrogens with one attached hydrogen (secondary N) is 1. The second kappa shape index (κ2) is 10.7. The normalized spacial score (nSPS) is 11.6. The van der Waals surface area contributed by atoms with Gasteiger partial charge in [0.25, 0.3) is 0 Å². The summed E-state index contributed by atoms with van der Waals surface area (Å²) >= 11 is 1.16. The molecule has 1 rings (SSSR count). The van der Waals surface area contributed by atoms with Crippen molar-refractivity contribution >= 4 is 28.9 Å². The van der Waals surface area contributed by atoms with Crippen molar-refractivity contribution in [3.63, 3.8) is 0 Å². The maximum Gasteiger partial charge on any atom is 0.325 e. The molecule has 1 unspecified atom stereocenters. The number of rotatable bonds is 9. The maximum absolute atomic E-state index is 12.2. The van der Waals surface area contributed by atoms with Crippen LogP contribution in [-0.2, 0) is 16.0 Å². The molecule has 1 aromatic rings. The Morgan fingerprint density at radius 3 is 2.46 bits per heavy atom. The lowest BCUT2D eigenvalue weighted by molar-refractivity contribution is -0.138. The molecule has 0 saturated carbocycles. The second-order valence-corrected chi connectivity index (χ2v) is 6.70. The van der Waals surface area contributed by atoms with Crippen LogP contribution in [0.2, 0.25) is 0 Å². The molecule has 132 valence electrons. The van der Waals surface area contributed by atoms with Crippen LogP contribution in [0.25, 0.3) is 0 Å². The lowest BCUT2D eigenvalue weighted by Gasteiger charge is -2.24. The molecule has 0 aliphatic rings. The highest BCUT2D eigenvalue weighted by molar-refractivity contribution is 8.13. The van der Waals surface area contributed by atoms with Crippen LogP contribution >= 0.6 is 11.8 Å². The second-order valence-electron chi connectivity index (χ2n) is 5.43. The molecule has 0 spiro atoms. The maximum atomic E-state index is 12.2. The first-order valence-corrected chi connectivity index (χ1v) is 8.84. The van der Waals surface area contributed by atoms with Crippen molar-refractivity contribution in [3.05, 3.63) is 35.9 Å². The summed E-state index contributed by atoms with van der Waals surface area (Å²) in [5.74, 6) is -0.582. The van der Waals surface area contributed by atoms with Crippen LogP contribution in [0.5, 0.6) is 0 Å². The Labute approximate surface area is 146 Å². The molecule has 0 bridgehead atoms. The first-order chi connectivity index (χ1) is 11.4. The number of carbonyl (C=O) groups is 3. The molecule has 0 saturated heterocycles. The quantitative estimate of drug-likeness (QED) is 0.712. The number of benzene rings is 1. The van der Waals surface area contributed by atoms with E-state index in [2.05, 4.69) is 5.32 Å². The Balaban J connectivity index is 2.54. The zero-order chi connectivity index (χ0) is 17.9. The van der Waals surface area contributed by atoms with E-state index >= 15 is 0 Å². The predicted octanol–water partition coefficient (Wildman–Crippen LogP) is 2.38. The highest BCUT2D eigenvalue weighted by Gasteiger charge is 2.19. The highest BCUT2D eigenvalue weighted by Crippen LogP contribution is 2.07. The van der Waals surface area contributed by atoms with Gasteiger partial charge in [0.1, 0.15) is 6.04 Å². The number of thioether (sulfide) groups is 1. The van der Waals surface area contributed by atoms with Gasteiger partial charge in [-0.1, -0.05) is 42.1 Å². The summed E-state index contributed by atoms with van der Waals surface area (Å²) in [6.07, 6.45) is 1.60. The van der Waals surface area contributed by atoms with E-state index in [4.69, 9.17) is 5.11 Å². The minimum atomic E-state index is -1.08. The third kappa shape index (κ3) is 8.01. The molecule has 0 heterocycles. The summed E-state index contributed by atoms with van der Waals surface area (Å²) < 4.78 is 0. The van der Waals surface area contributed by atoms with E-state index in [1.807, 2.05) is 30.3 Å². The predicted molar refractivity (Wildman–Crippen MR) is 95.1 cm³/mol. The number of carboxylic acids is 1. The first kappa shape index (κ1) is 20.0. The molecule has 0 aliphatic carbocycles. The Kier molecular flexibility index (Phi) is 8.93. The molecular formula is C17H24N2O4S. The molecule has 24 heavy (non-hydrogen) atoms. The van der Waals surface area contributed by atoms with Crippen molar-refractivity contribution < 1.29 is 19.5 Å². The van der Waals surface area contributed by atoms with Crippen LogP contribution in [0.4, 0.5) is 4.79 Å². The Morgan fingerprint density at radius 1 is 1.21 bits per heavy atom.